The lowest BCUT2D eigenvalue weighted by Crippen LogP contribution is -2.11. The van der Waals surface area contributed by atoms with Gasteiger partial charge < -0.3 is 0 Å². The zero-order valence-corrected chi connectivity index (χ0v) is 12.1. The molecule has 98 valence electrons. The zero-order chi connectivity index (χ0) is 14.0. The molecule has 1 aromatic heterocycles. The number of halogens is 1. The molecule has 8 heteroatoms. The third kappa shape index (κ3) is 3.15. The van der Waals surface area contributed by atoms with Gasteiger partial charge >= 0.3 is 5.00 Å². The summed E-state index contributed by atoms with van der Waals surface area (Å²) in [6.07, 6.45) is 1.12. The third-order valence-corrected chi connectivity index (χ3v) is 4.07. The second-order valence-electron chi connectivity index (χ2n) is 3.68. The molecule has 0 radical (unpaired) electrons. The summed E-state index contributed by atoms with van der Waals surface area (Å²) < 4.78 is 0.911. The molecule has 1 amide bonds. The van der Waals surface area contributed by atoms with Gasteiger partial charge in [0.15, 0.2) is 5.13 Å². The van der Waals surface area contributed by atoms with Gasteiger partial charge in [-0.3, -0.25) is 20.2 Å². The van der Waals surface area contributed by atoms with Crippen molar-refractivity contribution >= 4 is 43.3 Å². The number of nitro groups is 1. The first-order chi connectivity index (χ1) is 8.97. The minimum absolute atomic E-state index is 0.109. The van der Waals surface area contributed by atoms with E-state index in [0.717, 1.165) is 27.6 Å². The fraction of sp³-hybridized carbons (Fsp3) is 0.0909. The highest BCUT2D eigenvalue weighted by atomic mass is 79.9. The molecule has 0 fully saturated rings. The van der Waals surface area contributed by atoms with Crippen molar-refractivity contribution in [1.82, 2.24) is 4.98 Å². The molecule has 1 N–H and O–H groups in total. The molecular weight excluding hydrogens is 334 g/mol. The van der Waals surface area contributed by atoms with Crippen molar-refractivity contribution in [3.8, 4) is 0 Å². The van der Waals surface area contributed by atoms with Crippen LogP contribution < -0.4 is 5.32 Å². The Morgan fingerprint density at radius 2 is 2.26 bits per heavy atom. The van der Waals surface area contributed by atoms with Crippen LogP contribution in [-0.4, -0.2) is 15.8 Å². The average Bonchev–Trinajstić information content (AvgIpc) is 2.81. The molecule has 0 unspecified atom stereocenters. The van der Waals surface area contributed by atoms with Gasteiger partial charge in [0.05, 0.1) is 4.92 Å². The van der Waals surface area contributed by atoms with Crippen LogP contribution in [0.1, 0.15) is 15.9 Å². The molecule has 0 saturated carbocycles. The lowest BCUT2D eigenvalue weighted by atomic mass is 10.1. The van der Waals surface area contributed by atoms with Crippen LogP contribution in [0.5, 0.6) is 0 Å². The summed E-state index contributed by atoms with van der Waals surface area (Å²) in [5.74, 6) is -0.347. The summed E-state index contributed by atoms with van der Waals surface area (Å²) >= 11 is 4.17. The van der Waals surface area contributed by atoms with Gasteiger partial charge in [0.2, 0.25) is 0 Å². The van der Waals surface area contributed by atoms with Crippen LogP contribution in [0.15, 0.2) is 28.9 Å². The van der Waals surface area contributed by atoms with E-state index in [4.69, 9.17) is 0 Å². The van der Waals surface area contributed by atoms with Gasteiger partial charge in [0.1, 0.15) is 6.20 Å². The Bertz CT molecular complexity index is 656. The fourth-order valence-electron chi connectivity index (χ4n) is 1.36. The fourth-order valence-corrected chi connectivity index (χ4v) is 2.24. The van der Waals surface area contributed by atoms with Gasteiger partial charge in [0.25, 0.3) is 5.91 Å². The highest BCUT2D eigenvalue weighted by Gasteiger charge is 2.14. The minimum atomic E-state index is -0.545. The second kappa shape index (κ2) is 5.45. The lowest BCUT2D eigenvalue weighted by Gasteiger charge is -2.03. The normalized spacial score (nSPS) is 10.2. The summed E-state index contributed by atoms with van der Waals surface area (Å²) in [4.78, 5) is 25.7. The molecule has 0 atom stereocenters. The van der Waals surface area contributed by atoms with Crippen molar-refractivity contribution in [3.05, 3.63) is 50.1 Å². The molecule has 0 bridgehead atoms. The molecule has 1 aromatic carbocycles. The van der Waals surface area contributed by atoms with Crippen LogP contribution in [-0.2, 0) is 0 Å². The number of carbonyl (C=O) groups is 1. The quantitative estimate of drug-likeness (QED) is 0.684. The molecule has 0 saturated heterocycles. The standard InChI is InChI=1S/C11H8BrN3O3S/c1-6-4-7(2-3-8(6)12)10(16)14-11-13-5-9(19-11)15(17)18/h2-5H,1H3,(H,13,14,16). The summed E-state index contributed by atoms with van der Waals surface area (Å²) in [7, 11) is 0. The Kier molecular flexibility index (Phi) is 3.91. The average molecular weight is 342 g/mol. The van der Waals surface area contributed by atoms with E-state index in [1.165, 1.54) is 0 Å². The number of hydrogen-bond donors (Lipinski definition) is 1. The van der Waals surface area contributed by atoms with Crippen LogP contribution in [0.3, 0.4) is 0 Å². The molecule has 6 nitrogen and oxygen atoms in total. The van der Waals surface area contributed by atoms with E-state index in [2.05, 4.69) is 26.2 Å². The van der Waals surface area contributed by atoms with Gasteiger partial charge in [-0.05, 0) is 42.0 Å². The van der Waals surface area contributed by atoms with Crippen molar-refractivity contribution in [2.75, 3.05) is 5.32 Å². The van der Waals surface area contributed by atoms with Crippen LogP contribution >= 0.6 is 27.3 Å². The summed E-state index contributed by atoms with van der Waals surface area (Å²) in [5, 5.41) is 13.1. The Morgan fingerprint density at radius 1 is 1.53 bits per heavy atom. The molecule has 1 heterocycles. The molecule has 2 aromatic rings. The smallest absolute Gasteiger partial charge is 0.298 e. The minimum Gasteiger partial charge on any atom is -0.298 e. The summed E-state index contributed by atoms with van der Waals surface area (Å²) in [6, 6.07) is 5.16. The van der Waals surface area contributed by atoms with Gasteiger partial charge in [0, 0.05) is 10.0 Å². The van der Waals surface area contributed by atoms with Gasteiger partial charge in [-0.1, -0.05) is 15.9 Å². The molecular formula is C11H8BrN3O3S. The Morgan fingerprint density at radius 3 is 2.84 bits per heavy atom. The van der Waals surface area contributed by atoms with Gasteiger partial charge in [-0.2, -0.15) is 0 Å². The number of benzene rings is 1. The largest absolute Gasteiger partial charge is 0.345 e. The second-order valence-corrected chi connectivity index (χ2v) is 5.54. The molecule has 0 aliphatic rings. The SMILES string of the molecule is Cc1cc(C(=O)Nc2ncc([N+](=O)[O-])s2)ccc1Br. The maximum Gasteiger partial charge on any atom is 0.345 e. The molecule has 0 spiro atoms. The Balaban J connectivity index is 2.15. The number of nitrogens with zero attached hydrogens (tertiary/aromatic N) is 2. The predicted octanol–water partition coefficient (Wildman–Crippen LogP) is 3.37. The Labute approximate surface area is 120 Å². The van der Waals surface area contributed by atoms with E-state index >= 15 is 0 Å². The maximum absolute atomic E-state index is 11.9. The maximum atomic E-state index is 11.9. The van der Waals surface area contributed by atoms with E-state index in [0.29, 0.717) is 5.56 Å². The summed E-state index contributed by atoms with van der Waals surface area (Å²) in [5.41, 5.74) is 1.40. The molecule has 0 aliphatic heterocycles. The van der Waals surface area contributed by atoms with Crippen LogP contribution in [0, 0.1) is 17.0 Å². The molecule has 2 rings (SSSR count). The number of amides is 1. The monoisotopic (exact) mass is 341 g/mol. The zero-order valence-electron chi connectivity index (χ0n) is 9.71. The highest BCUT2D eigenvalue weighted by molar-refractivity contribution is 9.10. The van der Waals surface area contributed by atoms with Gasteiger partial charge in [-0.25, -0.2) is 4.98 Å². The number of rotatable bonds is 3. The first kappa shape index (κ1) is 13.6. The van der Waals surface area contributed by atoms with E-state index < -0.39 is 4.92 Å². The molecule has 19 heavy (non-hydrogen) atoms. The van der Waals surface area contributed by atoms with E-state index in [-0.39, 0.29) is 16.0 Å². The lowest BCUT2D eigenvalue weighted by molar-refractivity contribution is -0.380. The van der Waals surface area contributed by atoms with Crippen molar-refractivity contribution in [1.29, 1.82) is 0 Å². The summed E-state index contributed by atoms with van der Waals surface area (Å²) in [6.45, 7) is 1.87. The molecule has 0 aliphatic carbocycles. The number of anilines is 1. The first-order valence-electron chi connectivity index (χ1n) is 5.15. The number of aryl methyl sites for hydroxylation is 1. The predicted molar refractivity (Wildman–Crippen MR) is 75.6 cm³/mol. The van der Waals surface area contributed by atoms with Crippen molar-refractivity contribution in [3.63, 3.8) is 0 Å². The third-order valence-electron chi connectivity index (χ3n) is 2.31. The van der Waals surface area contributed by atoms with Crippen molar-refractivity contribution < 1.29 is 9.72 Å². The van der Waals surface area contributed by atoms with E-state index in [1.807, 2.05) is 6.92 Å². The van der Waals surface area contributed by atoms with Crippen LogP contribution in [0.2, 0.25) is 0 Å². The topological polar surface area (TPSA) is 85.1 Å². The number of thiazole rings is 1. The van der Waals surface area contributed by atoms with E-state index in [9.17, 15) is 14.9 Å². The van der Waals surface area contributed by atoms with Crippen molar-refractivity contribution in [2.45, 2.75) is 6.92 Å². The first-order valence-corrected chi connectivity index (χ1v) is 6.76. The van der Waals surface area contributed by atoms with E-state index in [1.54, 1.807) is 18.2 Å². The van der Waals surface area contributed by atoms with Crippen LogP contribution in [0.4, 0.5) is 10.1 Å². The van der Waals surface area contributed by atoms with Crippen molar-refractivity contribution in [2.24, 2.45) is 0 Å². The van der Waals surface area contributed by atoms with Gasteiger partial charge in [-0.15, -0.1) is 0 Å². The number of carbonyl (C=O) groups excluding carboxylic acids is 1. The number of nitrogens with one attached hydrogen (secondary N) is 1. The van der Waals surface area contributed by atoms with Crippen LogP contribution in [0.25, 0.3) is 0 Å². The number of hydrogen-bond acceptors (Lipinski definition) is 5. The number of aromatic nitrogens is 1. The highest BCUT2D eigenvalue weighted by Crippen LogP contribution is 2.25. The Hall–Kier alpha value is -1.80.